The van der Waals surface area contributed by atoms with Crippen molar-refractivity contribution >= 4 is 23.4 Å². The molecule has 0 spiro atoms. The van der Waals surface area contributed by atoms with Crippen LogP contribution in [0.2, 0.25) is 0 Å². The molecule has 8 nitrogen and oxygen atoms in total. The number of nitrogens with zero attached hydrogens (tertiary/aromatic N) is 2. The van der Waals surface area contributed by atoms with E-state index < -0.39 is 5.97 Å². The summed E-state index contributed by atoms with van der Waals surface area (Å²) < 4.78 is 10.1. The number of rotatable bonds is 7. The fourth-order valence-corrected chi connectivity index (χ4v) is 2.91. The predicted octanol–water partition coefficient (Wildman–Crippen LogP) is 1.67. The van der Waals surface area contributed by atoms with Gasteiger partial charge in [0.05, 0.1) is 31.6 Å². The molecule has 1 fully saturated rings. The van der Waals surface area contributed by atoms with Gasteiger partial charge in [0.15, 0.2) is 0 Å². The van der Waals surface area contributed by atoms with Gasteiger partial charge in [0.25, 0.3) is 5.91 Å². The molecule has 8 heteroatoms. The topological polar surface area (TPSA) is 92.8 Å². The summed E-state index contributed by atoms with van der Waals surface area (Å²) >= 11 is 0. The van der Waals surface area contributed by atoms with Gasteiger partial charge in [-0.1, -0.05) is 12.1 Å². The van der Waals surface area contributed by atoms with Crippen LogP contribution in [0, 0.1) is 0 Å². The summed E-state index contributed by atoms with van der Waals surface area (Å²) in [6.45, 7) is 4.60. The first kappa shape index (κ1) is 19.8. The van der Waals surface area contributed by atoms with E-state index in [0.29, 0.717) is 29.2 Å². The number of carbonyl (C=O) groups excluding carboxylic acids is 2. The number of anilines is 2. The molecule has 0 unspecified atom stereocenters. The van der Waals surface area contributed by atoms with Crippen LogP contribution in [0.1, 0.15) is 20.7 Å². The SMILES string of the molecule is COC(=O)c1ccccc1Nc1cc(C(=O)NCCN2CCOCC2)ccn1. The maximum Gasteiger partial charge on any atom is 0.339 e. The minimum Gasteiger partial charge on any atom is -0.465 e. The number of pyridine rings is 1. The van der Waals surface area contributed by atoms with Gasteiger partial charge in [-0.15, -0.1) is 0 Å². The van der Waals surface area contributed by atoms with Crippen LogP contribution in [0.3, 0.4) is 0 Å². The van der Waals surface area contributed by atoms with Gasteiger partial charge in [-0.05, 0) is 24.3 Å². The number of morpholine rings is 1. The van der Waals surface area contributed by atoms with Crippen LogP contribution in [-0.4, -0.2) is 68.3 Å². The second-order valence-corrected chi connectivity index (χ2v) is 6.30. The van der Waals surface area contributed by atoms with E-state index >= 15 is 0 Å². The van der Waals surface area contributed by atoms with Crippen LogP contribution in [0.4, 0.5) is 11.5 Å². The van der Waals surface area contributed by atoms with E-state index in [2.05, 4.69) is 20.5 Å². The minimum atomic E-state index is -0.444. The van der Waals surface area contributed by atoms with Crippen LogP contribution in [0.5, 0.6) is 0 Å². The number of ether oxygens (including phenoxy) is 2. The minimum absolute atomic E-state index is 0.167. The number of para-hydroxylation sites is 1. The lowest BCUT2D eigenvalue weighted by molar-refractivity contribution is 0.0383. The summed E-state index contributed by atoms with van der Waals surface area (Å²) in [4.78, 5) is 30.8. The smallest absolute Gasteiger partial charge is 0.339 e. The molecule has 0 atom stereocenters. The fraction of sp³-hybridized carbons (Fsp3) is 0.350. The van der Waals surface area contributed by atoms with E-state index in [1.807, 2.05) is 0 Å². The number of benzene rings is 1. The lowest BCUT2D eigenvalue weighted by Gasteiger charge is -2.26. The number of hydrogen-bond acceptors (Lipinski definition) is 7. The van der Waals surface area contributed by atoms with Crippen molar-refractivity contribution < 1.29 is 19.1 Å². The number of hydrogen-bond donors (Lipinski definition) is 2. The Morgan fingerprint density at radius 3 is 2.79 bits per heavy atom. The molecule has 3 rings (SSSR count). The Kier molecular flexibility index (Phi) is 6.94. The van der Waals surface area contributed by atoms with Gasteiger partial charge in [0.1, 0.15) is 5.82 Å². The van der Waals surface area contributed by atoms with Gasteiger partial charge in [-0.2, -0.15) is 0 Å². The summed E-state index contributed by atoms with van der Waals surface area (Å²) in [6.07, 6.45) is 1.56. The maximum atomic E-state index is 12.4. The van der Waals surface area contributed by atoms with E-state index in [9.17, 15) is 9.59 Å². The Labute approximate surface area is 163 Å². The van der Waals surface area contributed by atoms with Gasteiger partial charge in [0, 0.05) is 37.9 Å². The first-order chi connectivity index (χ1) is 13.7. The van der Waals surface area contributed by atoms with E-state index in [4.69, 9.17) is 9.47 Å². The molecule has 1 aromatic carbocycles. The highest BCUT2D eigenvalue weighted by atomic mass is 16.5. The molecule has 1 aliphatic rings. The quantitative estimate of drug-likeness (QED) is 0.702. The van der Waals surface area contributed by atoms with Gasteiger partial charge < -0.3 is 20.1 Å². The first-order valence-corrected chi connectivity index (χ1v) is 9.16. The lowest BCUT2D eigenvalue weighted by Crippen LogP contribution is -2.41. The number of carbonyl (C=O) groups is 2. The Morgan fingerprint density at radius 2 is 2.00 bits per heavy atom. The average molecular weight is 384 g/mol. The van der Waals surface area contributed by atoms with E-state index in [-0.39, 0.29) is 5.91 Å². The lowest BCUT2D eigenvalue weighted by atomic mass is 10.1. The van der Waals surface area contributed by atoms with Crippen molar-refractivity contribution in [1.29, 1.82) is 0 Å². The number of nitrogens with one attached hydrogen (secondary N) is 2. The number of methoxy groups -OCH3 is 1. The predicted molar refractivity (Wildman–Crippen MR) is 105 cm³/mol. The largest absolute Gasteiger partial charge is 0.465 e. The van der Waals surface area contributed by atoms with E-state index in [1.165, 1.54) is 7.11 Å². The first-order valence-electron chi connectivity index (χ1n) is 9.16. The maximum absolute atomic E-state index is 12.4. The second kappa shape index (κ2) is 9.82. The third-order valence-corrected chi connectivity index (χ3v) is 4.43. The molecule has 1 aromatic heterocycles. The zero-order valence-corrected chi connectivity index (χ0v) is 15.8. The highest BCUT2D eigenvalue weighted by Gasteiger charge is 2.13. The average Bonchev–Trinajstić information content (AvgIpc) is 2.74. The Hall–Kier alpha value is -2.97. The van der Waals surface area contributed by atoms with Gasteiger partial charge in [-0.25, -0.2) is 9.78 Å². The summed E-state index contributed by atoms with van der Waals surface area (Å²) in [5.41, 5.74) is 1.45. The summed E-state index contributed by atoms with van der Waals surface area (Å²) in [6, 6.07) is 10.3. The van der Waals surface area contributed by atoms with Gasteiger partial charge >= 0.3 is 5.97 Å². The molecule has 2 heterocycles. The molecule has 0 radical (unpaired) electrons. The van der Waals surface area contributed by atoms with Crippen LogP contribution < -0.4 is 10.6 Å². The molecule has 0 bridgehead atoms. The molecule has 148 valence electrons. The van der Waals surface area contributed by atoms with Crippen LogP contribution in [-0.2, 0) is 9.47 Å². The third-order valence-electron chi connectivity index (χ3n) is 4.43. The number of amides is 1. The van der Waals surface area contributed by atoms with Crippen molar-refractivity contribution in [2.75, 3.05) is 51.8 Å². The van der Waals surface area contributed by atoms with Crippen molar-refractivity contribution in [1.82, 2.24) is 15.2 Å². The normalized spacial score (nSPS) is 14.3. The van der Waals surface area contributed by atoms with Crippen molar-refractivity contribution in [3.63, 3.8) is 0 Å². The highest BCUT2D eigenvalue weighted by molar-refractivity contribution is 5.97. The van der Waals surface area contributed by atoms with Gasteiger partial charge in [-0.3, -0.25) is 9.69 Å². The number of esters is 1. The summed E-state index contributed by atoms with van der Waals surface area (Å²) in [5.74, 6) is -0.141. The van der Waals surface area contributed by atoms with Crippen molar-refractivity contribution in [2.45, 2.75) is 0 Å². The summed E-state index contributed by atoms with van der Waals surface area (Å²) in [7, 11) is 1.33. The molecule has 28 heavy (non-hydrogen) atoms. The van der Waals surface area contributed by atoms with Gasteiger partial charge in [0.2, 0.25) is 0 Å². The Morgan fingerprint density at radius 1 is 1.21 bits per heavy atom. The molecule has 2 aromatic rings. The zero-order valence-electron chi connectivity index (χ0n) is 15.8. The molecule has 1 saturated heterocycles. The molecule has 2 N–H and O–H groups in total. The van der Waals surface area contributed by atoms with Crippen LogP contribution in [0.15, 0.2) is 42.6 Å². The van der Waals surface area contributed by atoms with Crippen LogP contribution in [0.25, 0.3) is 0 Å². The molecular formula is C20H24N4O4. The Bertz CT molecular complexity index is 821. The van der Waals surface area contributed by atoms with Crippen molar-refractivity contribution in [2.24, 2.45) is 0 Å². The highest BCUT2D eigenvalue weighted by Crippen LogP contribution is 2.20. The molecular weight excluding hydrogens is 360 g/mol. The Balaban J connectivity index is 1.61. The van der Waals surface area contributed by atoms with E-state index in [1.54, 1.807) is 42.6 Å². The second-order valence-electron chi connectivity index (χ2n) is 6.30. The molecule has 0 aliphatic carbocycles. The molecule has 1 aliphatic heterocycles. The van der Waals surface area contributed by atoms with E-state index in [0.717, 1.165) is 32.8 Å². The standard InChI is InChI=1S/C20H24N4O4/c1-27-20(26)16-4-2-3-5-17(16)23-18-14-15(6-7-21-18)19(25)22-8-9-24-10-12-28-13-11-24/h2-7,14H,8-13H2,1H3,(H,21,23)(H,22,25). The monoisotopic (exact) mass is 384 g/mol. The fourth-order valence-electron chi connectivity index (χ4n) is 2.91. The summed E-state index contributed by atoms with van der Waals surface area (Å²) in [5, 5.41) is 6.00. The van der Waals surface area contributed by atoms with Crippen molar-refractivity contribution in [3.8, 4) is 0 Å². The van der Waals surface area contributed by atoms with Crippen LogP contribution >= 0.6 is 0 Å². The molecule has 1 amide bonds. The molecule has 0 saturated carbocycles. The zero-order chi connectivity index (χ0) is 19.8. The number of aromatic nitrogens is 1. The third kappa shape index (κ3) is 5.28. The van der Waals surface area contributed by atoms with Crippen molar-refractivity contribution in [3.05, 3.63) is 53.7 Å².